The molecule has 0 unspecified atom stereocenters. The Kier molecular flexibility index (Phi) is 5.98. The maximum atomic E-state index is 13.3. The van der Waals surface area contributed by atoms with Crippen LogP contribution in [0.2, 0.25) is 10.0 Å². The highest BCUT2D eigenvalue weighted by atomic mass is 35.5. The third-order valence-electron chi connectivity index (χ3n) is 5.18. The average molecular weight is 496 g/mol. The highest BCUT2D eigenvalue weighted by molar-refractivity contribution is 8.18. The zero-order valence-electron chi connectivity index (χ0n) is 17.1. The topological polar surface area (TPSA) is 46.4 Å². The van der Waals surface area contributed by atoms with E-state index in [9.17, 15) is 9.18 Å². The Hall–Kier alpha value is -3.06. The monoisotopic (exact) mass is 495 g/mol. The van der Waals surface area contributed by atoms with Crippen molar-refractivity contribution in [1.29, 1.82) is 0 Å². The van der Waals surface area contributed by atoms with Crippen molar-refractivity contribution >= 4 is 68.7 Å². The third-order valence-corrected chi connectivity index (χ3v) is 6.90. The van der Waals surface area contributed by atoms with Gasteiger partial charge < -0.3 is 9.88 Å². The largest absolute Gasteiger partial charge is 0.342 e. The third kappa shape index (κ3) is 4.55. The smallest absolute Gasteiger partial charge is 0.264 e. The second-order valence-corrected chi connectivity index (χ2v) is 9.23. The SMILES string of the molecule is O=C1NC(=Nc2cccc(Cl)c2Cl)S/C1=C/c1cn(Cc2ccc(F)cc2)c2ccccc12. The Labute approximate surface area is 203 Å². The fraction of sp³-hybridized carbons (Fsp3) is 0.0400. The molecule has 33 heavy (non-hydrogen) atoms. The van der Waals surface area contributed by atoms with E-state index in [0.717, 1.165) is 22.0 Å². The van der Waals surface area contributed by atoms with Gasteiger partial charge in [-0.3, -0.25) is 4.79 Å². The number of amidine groups is 1. The number of carbonyl (C=O) groups excluding carboxylic acids is 1. The first-order chi connectivity index (χ1) is 16.0. The lowest BCUT2D eigenvalue weighted by Gasteiger charge is -2.05. The molecule has 0 aliphatic carbocycles. The van der Waals surface area contributed by atoms with Gasteiger partial charge in [0.2, 0.25) is 0 Å². The van der Waals surface area contributed by atoms with Gasteiger partial charge in [0.25, 0.3) is 5.91 Å². The number of aliphatic imine (C=N–C) groups is 1. The molecule has 0 radical (unpaired) electrons. The van der Waals surface area contributed by atoms with Gasteiger partial charge in [-0.1, -0.05) is 59.6 Å². The first-order valence-corrected chi connectivity index (χ1v) is 11.6. The summed E-state index contributed by atoms with van der Waals surface area (Å²) in [7, 11) is 0. The fourth-order valence-electron chi connectivity index (χ4n) is 3.62. The van der Waals surface area contributed by atoms with E-state index in [1.165, 1.54) is 23.9 Å². The summed E-state index contributed by atoms with van der Waals surface area (Å²) in [5, 5.41) is 4.97. The van der Waals surface area contributed by atoms with Crippen LogP contribution in [0.25, 0.3) is 17.0 Å². The number of nitrogens with one attached hydrogen (secondary N) is 1. The van der Waals surface area contributed by atoms with E-state index in [1.807, 2.05) is 36.5 Å². The number of hydrogen-bond acceptors (Lipinski definition) is 3. The van der Waals surface area contributed by atoms with Gasteiger partial charge in [0.05, 0.1) is 20.6 Å². The quantitative estimate of drug-likeness (QED) is 0.309. The molecule has 1 saturated heterocycles. The molecule has 2 heterocycles. The Morgan fingerprint density at radius 3 is 2.64 bits per heavy atom. The van der Waals surface area contributed by atoms with E-state index in [0.29, 0.717) is 32.4 Å². The van der Waals surface area contributed by atoms with Crippen LogP contribution in [-0.4, -0.2) is 15.6 Å². The van der Waals surface area contributed by atoms with Crippen LogP contribution in [0.4, 0.5) is 10.1 Å². The average Bonchev–Trinajstić information content (AvgIpc) is 3.33. The van der Waals surface area contributed by atoms with Crippen LogP contribution in [0.1, 0.15) is 11.1 Å². The van der Waals surface area contributed by atoms with Gasteiger partial charge >= 0.3 is 0 Å². The summed E-state index contributed by atoms with van der Waals surface area (Å²) in [5.74, 6) is -0.491. The number of nitrogens with zero attached hydrogens (tertiary/aromatic N) is 2. The van der Waals surface area contributed by atoms with Crippen molar-refractivity contribution in [3.8, 4) is 0 Å². The van der Waals surface area contributed by atoms with E-state index < -0.39 is 0 Å². The van der Waals surface area contributed by atoms with E-state index in [-0.39, 0.29) is 11.7 Å². The second kappa shape index (κ2) is 9.06. The Morgan fingerprint density at radius 1 is 1.03 bits per heavy atom. The lowest BCUT2D eigenvalue weighted by Crippen LogP contribution is -2.19. The molecule has 1 aliphatic rings. The number of carbonyl (C=O) groups is 1. The van der Waals surface area contributed by atoms with Crippen molar-refractivity contribution in [2.24, 2.45) is 4.99 Å². The van der Waals surface area contributed by atoms with E-state index in [2.05, 4.69) is 14.9 Å². The minimum Gasteiger partial charge on any atom is -0.342 e. The van der Waals surface area contributed by atoms with Crippen LogP contribution in [0.15, 0.2) is 82.8 Å². The molecule has 1 amide bonds. The molecule has 0 spiro atoms. The standard InChI is InChI=1S/C25H16Cl2FN3OS/c26-19-5-3-6-20(23(19)27)29-25-30-24(32)22(33-25)12-16-14-31(21-7-2-1-4-18(16)21)13-15-8-10-17(28)11-9-15/h1-12,14H,13H2,(H,29,30,32)/b22-12+. The zero-order chi connectivity index (χ0) is 22.9. The molecule has 164 valence electrons. The first-order valence-electron chi connectivity index (χ1n) is 10.0. The number of para-hydroxylation sites is 1. The van der Waals surface area contributed by atoms with Crippen molar-refractivity contribution in [3.05, 3.63) is 105 Å². The summed E-state index contributed by atoms with van der Waals surface area (Å²) in [5.41, 5.74) is 3.41. The predicted molar refractivity (Wildman–Crippen MR) is 135 cm³/mol. The summed E-state index contributed by atoms with van der Waals surface area (Å²) < 4.78 is 15.4. The van der Waals surface area contributed by atoms with Crippen molar-refractivity contribution in [2.45, 2.75) is 6.54 Å². The molecular weight excluding hydrogens is 480 g/mol. The second-order valence-electron chi connectivity index (χ2n) is 7.41. The van der Waals surface area contributed by atoms with Gasteiger partial charge in [0.1, 0.15) is 5.82 Å². The zero-order valence-corrected chi connectivity index (χ0v) is 19.4. The van der Waals surface area contributed by atoms with Crippen LogP contribution in [0.3, 0.4) is 0 Å². The van der Waals surface area contributed by atoms with Crippen molar-refractivity contribution in [3.63, 3.8) is 0 Å². The molecule has 1 fully saturated rings. The highest BCUT2D eigenvalue weighted by Gasteiger charge is 2.25. The number of thioether (sulfide) groups is 1. The molecule has 5 rings (SSSR count). The Balaban J connectivity index is 1.47. The molecular formula is C25H16Cl2FN3OS. The number of rotatable bonds is 4. The fourth-order valence-corrected chi connectivity index (χ4v) is 4.78. The van der Waals surface area contributed by atoms with Gasteiger partial charge in [0, 0.05) is 29.2 Å². The van der Waals surface area contributed by atoms with Crippen molar-refractivity contribution in [2.75, 3.05) is 0 Å². The molecule has 1 aromatic heterocycles. The van der Waals surface area contributed by atoms with Crippen LogP contribution in [0.5, 0.6) is 0 Å². The van der Waals surface area contributed by atoms with E-state index in [1.54, 1.807) is 30.3 Å². The molecule has 0 atom stereocenters. The van der Waals surface area contributed by atoms with Crippen LogP contribution in [0, 0.1) is 5.82 Å². The molecule has 0 saturated carbocycles. The highest BCUT2D eigenvalue weighted by Crippen LogP contribution is 2.35. The number of halogens is 3. The number of amides is 1. The van der Waals surface area contributed by atoms with E-state index >= 15 is 0 Å². The first kappa shape index (κ1) is 21.8. The Morgan fingerprint density at radius 2 is 1.82 bits per heavy atom. The summed E-state index contributed by atoms with van der Waals surface area (Å²) in [6.07, 6.45) is 3.85. The van der Waals surface area contributed by atoms with Crippen LogP contribution >= 0.6 is 35.0 Å². The minimum absolute atomic E-state index is 0.229. The summed E-state index contributed by atoms with van der Waals surface area (Å²) in [6.45, 7) is 0.587. The van der Waals surface area contributed by atoms with Crippen LogP contribution in [-0.2, 0) is 11.3 Å². The molecule has 8 heteroatoms. The Bertz CT molecular complexity index is 1440. The molecule has 3 aromatic carbocycles. The summed E-state index contributed by atoms with van der Waals surface area (Å²) in [6, 6.07) is 19.6. The minimum atomic E-state index is -0.262. The van der Waals surface area contributed by atoms with Gasteiger partial charge in [0.15, 0.2) is 5.17 Å². The number of hydrogen-bond donors (Lipinski definition) is 1. The lowest BCUT2D eigenvalue weighted by atomic mass is 10.1. The number of aromatic nitrogens is 1. The number of benzene rings is 3. The predicted octanol–water partition coefficient (Wildman–Crippen LogP) is 7.03. The molecule has 1 aliphatic heterocycles. The van der Waals surface area contributed by atoms with Gasteiger partial charge in [-0.25, -0.2) is 9.38 Å². The maximum Gasteiger partial charge on any atom is 0.264 e. The van der Waals surface area contributed by atoms with Gasteiger partial charge in [-0.15, -0.1) is 0 Å². The lowest BCUT2D eigenvalue weighted by molar-refractivity contribution is -0.115. The normalized spacial score (nSPS) is 16.2. The molecule has 1 N–H and O–H groups in total. The molecule has 0 bridgehead atoms. The molecule has 4 nitrogen and oxygen atoms in total. The summed E-state index contributed by atoms with van der Waals surface area (Å²) >= 11 is 13.5. The van der Waals surface area contributed by atoms with Crippen molar-refractivity contribution in [1.82, 2.24) is 9.88 Å². The van der Waals surface area contributed by atoms with Crippen LogP contribution < -0.4 is 5.32 Å². The maximum absolute atomic E-state index is 13.3. The van der Waals surface area contributed by atoms with Crippen molar-refractivity contribution < 1.29 is 9.18 Å². The number of fused-ring (bicyclic) bond motifs is 1. The van der Waals surface area contributed by atoms with Gasteiger partial charge in [-0.2, -0.15) is 0 Å². The molecule has 4 aromatic rings. The summed E-state index contributed by atoms with van der Waals surface area (Å²) in [4.78, 5) is 17.6. The van der Waals surface area contributed by atoms with Gasteiger partial charge in [-0.05, 0) is 53.7 Å². The van der Waals surface area contributed by atoms with E-state index in [4.69, 9.17) is 23.2 Å².